The lowest BCUT2D eigenvalue weighted by atomic mass is 10.5. The number of hydrogen-bond donors (Lipinski definition) is 1. The van der Waals surface area contributed by atoms with Crippen LogP contribution in [0.25, 0.3) is 0 Å². The molecule has 0 atom stereocenters. The van der Waals surface area contributed by atoms with Crippen LogP contribution >= 0.6 is 11.8 Å². The molecule has 0 heterocycles. The molecule has 0 amide bonds. The fraction of sp³-hybridized carbons (Fsp3) is 0.333. The van der Waals surface area contributed by atoms with Crippen LogP contribution in [0.1, 0.15) is 6.92 Å². The van der Waals surface area contributed by atoms with E-state index >= 15 is 0 Å². The van der Waals surface area contributed by atoms with E-state index in [1.165, 1.54) is 4.91 Å². The van der Waals surface area contributed by atoms with Crippen LogP contribution in [0.4, 0.5) is 0 Å². The normalized spacial score (nSPS) is 11.5. The maximum absolute atomic E-state index is 5.33. The van der Waals surface area contributed by atoms with E-state index < -0.39 is 0 Å². The molecule has 0 radical (unpaired) electrons. The number of thioether (sulfide) groups is 1. The molecule has 1 nitrogen and oxygen atoms in total. The molecule has 8 heavy (non-hydrogen) atoms. The van der Waals surface area contributed by atoms with E-state index in [2.05, 4.69) is 6.58 Å². The predicted octanol–water partition coefficient (Wildman–Crippen LogP) is 1.73. The largest absolute Gasteiger partial charge is 0.326 e. The molecule has 0 aromatic rings. The monoisotopic (exact) mass is 129 g/mol. The zero-order chi connectivity index (χ0) is 6.41. The maximum atomic E-state index is 5.33. The fourth-order valence-electron chi connectivity index (χ4n) is 0.341. The van der Waals surface area contributed by atoms with Gasteiger partial charge in [0.2, 0.25) is 0 Å². The third-order valence-electron chi connectivity index (χ3n) is 0.758. The van der Waals surface area contributed by atoms with Gasteiger partial charge in [0.15, 0.2) is 0 Å². The highest BCUT2D eigenvalue weighted by atomic mass is 32.2. The summed E-state index contributed by atoms with van der Waals surface area (Å²) in [5, 5.41) is 1.78. The Hall–Kier alpha value is -0.210. The van der Waals surface area contributed by atoms with Crippen molar-refractivity contribution in [2.24, 2.45) is 5.73 Å². The van der Waals surface area contributed by atoms with Crippen LogP contribution < -0.4 is 5.73 Å². The minimum absolute atomic E-state index is 0.618. The Balaban J connectivity index is 3.53. The minimum Gasteiger partial charge on any atom is -0.326 e. The zero-order valence-corrected chi connectivity index (χ0v) is 5.87. The fourth-order valence-corrected chi connectivity index (χ4v) is 0.787. The SMILES string of the molecule is C=CSC(=CC)CN. The molecule has 0 rings (SSSR count). The van der Waals surface area contributed by atoms with E-state index in [1.54, 1.807) is 17.2 Å². The molecule has 0 unspecified atom stereocenters. The maximum Gasteiger partial charge on any atom is 0.0238 e. The zero-order valence-electron chi connectivity index (χ0n) is 5.05. The Morgan fingerprint density at radius 3 is 2.62 bits per heavy atom. The first kappa shape index (κ1) is 7.79. The third-order valence-corrected chi connectivity index (χ3v) is 1.63. The lowest BCUT2D eigenvalue weighted by Gasteiger charge is -1.94. The summed E-state index contributed by atoms with van der Waals surface area (Å²) in [6.07, 6.45) is 1.99. The summed E-state index contributed by atoms with van der Waals surface area (Å²) in [4.78, 5) is 1.17. The second-order valence-corrected chi connectivity index (χ2v) is 2.34. The van der Waals surface area contributed by atoms with Gasteiger partial charge < -0.3 is 5.73 Å². The van der Waals surface area contributed by atoms with Crippen LogP contribution in [0, 0.1) is 0 Å². The van der Waals surface area contributed by atoms with Gasteiger partial charge in [0.25, 0.3) is 0 Å². The van der Waals surface area contributed by atoms with Crippen molar-refractivity contribution in [3.8, 4) is 0 Å². The van der Waals surface area contributed by atoms with Gasteiger partial charge in [0, 0.05) is 6.54 Å². The van der Waals surface area contributed by atoms with Crippen molar-refractivity contribution in [3.63, 3.8) is 0 Å². The van der Waals surface area contributed by atoms with Gasteiger partial charge in [0.05, 0.1) is 0 Å². The molecule has 0 spiro atoms. The first-order valence-corrected chi connectivity index (χ1v) is 3.36. The predicted molar refractivity (Wildman–Crippen MR) is 40.6 cm³/mol. The quantitative estimate of drug-likeness (QED) is 0.628. The van der Waals surface area contributed by atoms with Gasteiger partial charge in [-0.05, 0) is 17.2 Å². The van der Waals surface area contributed by atoms with Crippen molar-refractivity contribution < 1.29 is 0 Å². The van der Waals surface area contributed by atoms with Crippen LogP contribution in [-0.2, 0) is 0 Å². The van der Waals surface area contributed by atoms with Crippen LogP contribution in [0.3, 0.4) is 0 Å². The van der Waals surface area contributed by atoms with E-state index in [0.717, 1.165) is 0 Å². The Labute approximate surface area is 54.6 Å². The molecule has 0 fully saturated rings. The van der Waals surface area contributed by atoms with E-state index in [4.69, 9.17) is 5.73 Å². The molecule has 46 valence electrons. The van der Waals surface area contributed by atoms with Crippen molar-refractivity contribution in [3.05, 3.63) is 23.0 Å². The lowest BCUT2D eigenvalue weighted by Crippen LogP contribution is -1.98. The highest BCUT2D eigenvalue weighted by molar-refractivity contribution is 8.05. The van der Waals surface area contributed by atoms with Gasteiger partial charge in [-0.2, -0.15) is 0 Å². The van der Waals surface area contributed by atoms with Gasteiger partial charge in [-0.1, -0.05) is 12.7 Å². The van der Waals surface area contributed by atoms with Gasteiger partial charge >= 0.3 is 0 Å². The Morgan fingerprint density at radius 2 is 2.50 bits per heavy atom. The van der Waals surface area contributed by atoms with Crippen molar-refractivity contribution in [1.29, 1.82) is 0 Å². The molecule has 0 aliphatic carbocycles. The number of rotatable bonds is 3. The number of allylic oxidation sites excluding steroid dienone is 1. The van der Waals surface area contributed by atoms with Crippen molar-refractivity contribution in [1.82, 2.24) is 0 Å². The summed E-state index contributed by atoms with van der Waals surface area (Å²) in [5.41, 5.74) is 5.33. The van der Waals surface area contributed by atoms with Crippen LogP contribution in [0.2, 0.25) is 0 Å². The highest BCUT2D eigenvalue weighted by Gasteiger charge is 1.85. The second-order valence-electron chi connectivity index (χ2n) is 1.24. The van der Waals surface area contributed by atoms with Gasteiger partial charge in [-0.25, -0.2) is 0 Å². The molecule has 2 heteroatoms. The van der Waals surface area contributed by atoms with Crippen LogP contribution in [0.5, 0.6) is 0 Å². The Morgan fingerprint density at radius 1 is 1.88 bits per heavy atom. The first-order chi connectivity index (χ1) is 3.85. The van der Waals surface area contributed by atoms with Crippen molar-refractivity contribution in [2.75, 3.05) is 6.54 Å². The van der Waals surface area contributed by atoms with Crippen molar-refractivity contribution in [2.45, 2.75) is 6.92 Å². The second kappa shape index (κ2) is 4.94. The molecule has 0 saturated heterocycles. The standard InChI is InChI=1S/C6H11NS/c1-3-6(5-7)8-4-2/h3-4H,2,5,7H2,1H3. The topological polar surface area (TPSA) is 26.0 Å². The Bertz CT molecular complexity index is 96.7. The summed E-state index contributed by atoms with van der Waals surface area (Å²) in [5.74, 6) is 0. The average Bonchev–Trinajstić information content (AvgIpc) is 1.83. The van der Waals surface area contributed by atoms with Crippen molar-refractivity contribution >= 4 is 11.8 Å². The van der Waals surface area contributed by atoms with E-state index in [1.807, 2.05) is 13.0 Å². The lowest BCUT2D eigenvalue weighted by molar-refractivity contribution is 1.23. The first-order valence-electron chi connectivity index (χ1n) is 2.48. The summed E-state index contributed by atoms with van der Waals surface area (Å²) >= 11 is 1.58. The molecule has 2 N–H and O–H groups in total. The molecule has 0 aromatic heterocycles. The number of nitrogens with two attached hydrogens (primary N) is 1. The van der Waals surface area contributed by atoms with E-state index in [9.17, 15) is 0 Å². The molecule has 0 saturated carbocycles. The summed E-state index contributed by atoms with van der Waals surface area (Å²) in [6.45, 7) is 6.15. The molecular weight excluding hydrogens is 118 g/mol. The third kappa shape index (κ3) is 2.88. The number of hydrogen-bond acceptors (Lipinski definition) is 2. The summed E-state index contributed by atoms with van der Waals surface area (Å²) < 4.78 is 0. The van der Waals surface area contributed by atoms with E-state index in [0.29, 0.717) is 6.54 Å². The molecule has 0 bridgehead atoms. The Kier molecular flexibility index (Phi) is 4.81. The molecule has 0 aromatic carbocycles. The average molecular weight is 129 g/mol. The summed E-state index contributed by atoms with van der Waals surface area (Å²) in [6, 6.07) is 0. The van der Waals surface area contributed by atoms with Gasteiger partial charge in [0.1, 0.15) is 0 Å². The van der Waals surface area contributed by atoms with Crippen LogP contribution in [0.15, 0.2) is 23.0 Å². The van der Waals surface area contributed by atoms with Crippen LogP contribution in [-0.4, -0.2) is 6.54 Å². The highest BCUT2D eigenvalue weighted by Crippen LogP contribution is 2.12. The minimum atomic E-state index is 0.618. The molecule has 0 aliphatic rings. The smallest absolute Gasteiger partial charge is 0.0238 e. The summed E-state index contributed by atoms with van der Waals surface area (Å²) in [7, 11) is 0. The van der Waals surface area contributed by atoms with E-state index in [-0.39, 0.29) is 0 Å². The molecular formula is C6H11NS. The van der Waals surface area contributed by atoms with Gasteiger partial charge in [-0.15, -0.1) is 11.8 Å². The molecule has 0 aliphatic heterocycles. The van der Waals surface area contributed by atoms with Gasteiger partial charge in [-0.3, -0.25) is 0 Å².